The molecule has 0 saturated carbocycles. The summed E-state index contributed by atoms with van der Waals surface area (Å²) in [6, 6.07) is 26.5. The Morgan fingerprint density at radius 2 is 1.19 bits per heavy atom. The van der Waals surface area contributed by atoms with Gasteiger partial charge in [0.25, 0.3) is 0 Å². The summed E-state index contributed by atoms with van der Waals surface area (Å²) >= 11 is 0. The molecule has 0 N–H and O–H groups in total. The Morgan fingerprint density at radius 1 is 0.719 bits per heavy atom. The number of benzene rings is 3. The van der Waals surface area contributed by atoms with Crippen molar-refractivity contribution in [1.29, 1.82) is 0 Å². The Kier molecular flexibility index (Phi) is 7.40. The van der Waals surface area contributed by atoms with Gasteiger partial charge in [-0.25, -0.2) is 4.79 Å². The molecule has 0 radical (unpaired) electrons. The van der Waals surface area contributed by atoms with Crippen LogP contribution in [0.3, 0.4) is 0 Å². The molecular weight excluding hydrogens is 451 g/mol. The third-order valence-electron chi connectivity index (χ3n) is 4.20. The molecule has 0 atom stereocenters. The SMILES string of the molecule is O=C(COc1ccc([S+](c2ccccc2)c2ccccc2)cc1)OCC(F)(F)C(F)(F)F. The molecule has 0 bridgehead atoms. The third-order valence-corrected chi connectivity index (χ3v) is 6.43. The van der Waals surface area contributed by atoms with Gasteiger partial charge in [0, 0.05) is 0 Å². The van der Waals surface area contributed by atoms with Gasteiger partial charge in [-0.15, -0.1) is 0 Å². The van der Waals surface area contributed by atoms with Crippen molar-refractivity contribution in [3.8, 4) is 5.75 Å². The second-order valence-corrected chi connectivity index (χ2v) is 8.58. The standard InChI is InChI=1S/C23H18F5O3S/c24-22(25,23(26,27)28)16-31-21(29)15-30-17-11-13-20(14-12-17)32(18-7-3-1-4-8-18)19-9-5-2-6-10-19/h1-14H,15-16H2/q+1. The summed E-state index contributed by atoms with van der Waals surface area (Å²) in [5.74, 6) is -6.20. The van der Waals surface area contributed by atoms with Crippen molar-refractivity contribution in [2.24, 2.45) is 0 Å². The fourth-order valence-corrected chi connectivity index (χ4v) is 4.71. The first-order chi connectivity index (χ1) is 15.2. The largest absolute Gasteiger partial charge is 0.482 e. The average Bonchev–Trinajstić information content (AvgIpc) is 2.78. The molecule has 32 heavy (non-hydrogen) atoms. The smallest absolute Gasteiger partial charge is 0.456 e. The van der Waals surface area contributed by atoms with Crippen molar-refractivity contribution in [1.82, 2.24) is 0 Å². The molecule has 0 spiro atoms. The lowest BCUT2D eigenvalue weighted by molar-refractivity contribution is -0.294. The number of carbonyl (C=O) groups excluding carboxylic acids is 1. The van der Waals surface area contributed by atoms with Crippen LogP contribution >= 0.6 is 0 Å². The fourth-order valence-electron chi connectivity index (χ4n) is 2.63. The molecule has 0 fully saturated rings. The molecule has 0 aromatic heterocycles. The Hall–Kier alpha value is -3.07. The van der Waals surface area contributed by atoms with E-state index in [9.17, 15) is 26.7 Å². The number of halogens is 5. The van der Waals surface area contributed by atoms with Gasteiger partial charge in [0.2, 0.25) is 0 Å². The second kappa shape index (κ2) is 10.0. The van der Waals surface area contributed by atoms with E-state index in [-0.39, 0.29) is 5.75 Å². The van der Waals surface area contributed by atoms with Gasteiger partial charge in [0.1, 0.15) is 5.75 Å². The van der Waals surface area contributed by atoms with Gasteiger partial charge in [-0.3, -0.25) is 0 Å². The summed E-state index contributed by atoms with van der Waals surface area (Å²) in [6.07, 6.45) is -5.79. The number of esters is 1. The van der Waals surface area contributed by atoms with Gasteiger partial charge < -0.3 is 9.47 Å². The van der Waals surface area contributed by atoms with Crippen LogP contribution in [0.2, 0.25) is 0 Å². The Balaban J connectivity index is 1.65. The van der Waals surface area contributed by atoms with Crippen molar-refractivity contribution in [2.75, 3.05) is 13.2 Å². The van der Waals surface area contributed by atoms with E-state index in [0.29, 0.717) is 0 Å². The first-order valence-corrected chi connectivity index (χ1v) is 10.6. The number of carbonyl (C=O) groups is 1. The van der Waals surface area contributed by atoms with Gasteiger partial charge >= 0.3 is 18.1 Å². The first-order valence-electron chi connectivity index (χ1n) is 9.35. The van der Waals surface area contributed by atoms with E-state index in [1.54, 1.807) is 12.1 Å². The van der Waals surface area contributed by atoms with E-state index in [1.807, 2.05) is 72.8 Å². The lowest BCUT2D eigenvalue weighted by Crippen LogP contribution is -2.41. The van der Waals surface area contributed by atoms with E-state index < -0.39 is 42.2 Å². The summed E-state index contributed by atoms with van der Waals surface area (Å²) in [5.41, 5.74) is 0. The van der Waals surface area contributed by atoms with E-state index in [4.69, 9.17) is 4.74 Å². The zero-order chi connectivity index (χ0) is 23.2. The molecule has 0 unspecified atom stereocenters. The monoisotopic (exact) mass is 469 g/mol. The summed E-state index contributed by atoms with van der Waals surface area (Å²) in [7, 11) is -0.394. The Bertz CT molecular complexity index is 970. The lowest BCUT2D eigenvalue weighted by Gasteiger charge is -2.19. The molecule has 3 rings (SSSR count). The summed E-state index contributed by atoms with van der Waals surface area (Å²) < 4.78 is 71.1. The van der Waals surface area contributed by atoms with Crippen molar-refractivity contribution >= 4 is 16.9 Å². The molecule has 0 saturated heterocycles. The van der Waals surface area contributed by atoms with Crippen LogP contribution in [0.5, 0.6) is 5.75 Å². The van der Waals surface area contributed by atoms with Crippen molar-refractivity contribution < 1.29 is 36.2 Å². The minimum absolute atomic E-state index is 0.248. The fraction of sp³-hybridized carbons (Fsp3) is 0.174. The van der Waals surface area contributed by atoms with Gasteiger partial charge in [0.05, 0.1) is 10.9 Å². The Morgan fingerprint density at radius 3 is 1.66 bits per heavy atom. The molecule has 0 aliphatic heterocycles. The quantitative estimate of drug-likeness (QED) is 0.234. The minimum Gasteiger partial charge on any atom is -0.482 e. The molecule has 3 aromatic rings. The summed E-state index contributed by atoms with van der Waals surface area (Å²) in [6.45, 7) is -2.88. The molecule has 0 aliphatic carbocycles. The van der Waals surface area contributed by atoms with E-state index in [2.05, 4.69) is 4.74 Å². The van der Waals surface area contributed by atoms with Crippen LogP contribution in [0, 0.1) is 0 Å². The third kappa shape index (κ3) is 6.00. The molecular formula is C23H18F5O3S+. The molecule has 3 nitrogen and oxygen atoms in total. The zero-order valence-electron chi connectivity index (χ0n) is 16.5. The van der Waals surface area contributed by atoms with Crippen LogP contribution in [0.1, 0.15) is 0 Å². The van der Waals surface area contributed by atoms with Crippen molar-refractivity contribution in [3.05, 3.63) is 84.9 Å². The predicted octanol–water partition coefficient (Wildman–Crippen LogP) is 5.90. The number of hydrogen-bond donors (Lipinski definition) is 0. The normalized spacial score (nSPS) is 11.9. The highest BCUT2D eigenvalue weighted by Gasteiger charge is 2.58. The number of alkyl halides is 5. The van der Waals surface area contributed by atoms with Crippen LogP contribution < -0.4 is 4.74 Å². The molecule has 3 aromatic carbocycles. The van der Waals surface area contributed by atoms with Gasteiger partial charge in [-0.2, -0.15) is 22.0 Å². The lowest BCUT2D eigenvalue weighted by atomic mass is 10.3. The molecule has 0 aliphatic rings. The van der Waals surface area contributed by atoms with E-state index in [1.165, 1.54) is 0 Å². The summed E-state index contributed by atoms with van der Waals surface area (Å²) in [5, 5.41) is 0. The topological polar surface area (TPSA) is 35.5 Å². The maximum atomic E-state index is 12.8. The highest BCUT2D eigenvalue weighted by molar-refractivity contribution is 7.97. The van der Waals surface area contributed by atoms with Crippen LogP contribution in [-0.4, -0.2) is 31.3 Å². The van der Waals surface area contributed by atoms with E-state index >= 15 is 0 Å². The number of hydrogen-bond acceptors (Lipinski definition) is 3. The molecule has 0 heterocycles. The van der Waals surface area contributed by atoms with Gasteiger partial charge in [-0.1, -0.05) is 36.4 Å². The average molecular weight is 469 g/mol. The van der Waals surface area contributed by atoms with Gasteiger partial charge in [-0.05, 0) is 48.5 Å². The first kappa shape index (κ1) is 23.6. The van der Waals surface area contributed by atoms with E-state index in [0.717, 1.165) is 14.7 Å². The van der Waals surface area contributed by atoms with Crippen LogP contribution in [-0.2, 0) is 20.4 Å². The van der Waals surface area contributed by atoms with Gasteiger partial charge in [0.15, 0.2) is 27.9 Å². The van der Waals surface area contributed by atoms with Crippen molar-refractivity contribution in [3.63, 3.8) is 0 Å². The number of ether oxygens (including phenoxy) is 2. The highest BCUT2D eigenvalue weighted by atomic mass is 32.2. The van der Waals surface area contributed by atoms with Crippen molar-refractivity contribution in [2.45, 2.75) is 26.8 Å². The second-order valence-electron chi connectivity index (χ2n) is 6.56. The minimum atomic E-state index is -5.79. The van der Waals surface area contributed by atoms with Crippen LogP contribution in [0.4, 0.5) is 22.0 Å². The zero-order valence-corrected chi connectivity index (χ0v) is 17.3. The van der Waals surface area contributed by atoms with Crippen LogP contribution in [0.15, 0.2) is 99.6 Å². The van der Waals surface area contributed by atoms with Crippen LogP contribution in [0.25, 0.3) is 0 Å². The predicted molar refractivity (Wildman–Crippen MR) is 109 cm³/mol. The molecule has 168 valence electrons. The Labute approximate surface area is 184 Å². The summed E-state index contributed by atoms with van der Waals surface area (Å²) in [4.78, 5) is 14.7. The highest BCUT2D eigenvalue weighted by Crippen LogP contribution is 2.35. The molecule has 9 heteroatoms. The maximum absolute atomic E-state index is 12.8. The maximum Gasteiger partial charge on any atom is 0.456 e. The number of rotatable bonds is 8. The molecule has 0 amide bonds.